The van der Waals surface area contributed by atoms with Gasteiger partial charge in [0.2, 0.25) is 5.91 Å². The number of nitrogens with one attached hydrogen (secondary N) is 2. The highest BCUT2D eigenvalue weighted by Gasteiger charge is 2.24. The van der Waals surface area contributed by atoms with E-state index in [9.17, 15) is 14.4 Å². The number of hydrogen-bond acceptors (Lipinski definition) is 5. The van der Waals surface area contributed by atoms with Crippen molar-refractivity contribution in [3.05, 3.63) is 36.0 Å². The van der Waals surface area contributed by atoms with Gasteiger partial charge in [-0.15, -0.1) is 0 Å². The van der Waals surface area contributed by atoms with Crippen molar-refractivity contribution < 1.29 is 19.1 Å². The molecule has 4 amide bonds. The number of urea groups is 1. The Hall–Kier alpha value is -3.36. The highest BCUT2D eigenvalue weighted by molar-refractivity contribution is 5.98. The van der Waals surface area contributed by atoms with Gasteiger partial charge in [0.15, 0.2) is 0 Å². The molecule has 3 rings (SSSR count). The number of benzene rings is 1. The van der Waals surface area contributed by atoms with E-state index in [4.69, 9.17) is 4.74 Å². The molecule has 1 fully saturated rings. The lowest BCUT2D eigenvalue weighted by molar-refractivity contribution is -0.131. The first-order chi connectivity index (χ1) is 14.4. The van der Waals surface area contributed by atoms with Crippen molar-refractivity contribution in [3.63, 3.8) is 0 Å². The predicted molar refractivity (Wildman–Crippen MR) is 112 cm³/mol. The molecule has 160 valence electrons. The average molecular weight is 413 g/mol. The van der Waals surface area contributed by atoms with Crippen LogP contribution in [0, 0.1) is 0 Å². The van der Waals surface area contributed by atoms with Gasteiger partial charge in [-0.05, 0) is 26.0 Å². The van der Waals surface area contributed by atoms with Crippen LogP contribution in [-0.4, -0.2) is 78.5 Å². The number of aromatic nitrogens is 1. The van der Waals surface area contributed by atoms with Gasteiger partial charge in [0.1, 0.15) is 11.4 Å². The Balaban J connectivity index is 1.55. The van der Waals surface area contributed by atoms with E-state index >= 15 is 0 Å². The van der Waals surface area contributed by atoms with Gasteiger partial charge in [0, 0.05) is 43.7 Å². The second-order valence-electron chi connectivity index (χ2n) is 7.38. The molecule has 2 heterocycles. The summed E-state index contributed by atoms with van der Waals surface area (Å²) in [6, 6.07) is 8.88. The van der Waals surface area contributed by atoms with Gasteiger partial charge in [0.05, 0.1) is 19.2 Å². The highest BCUT2D eigenvalue weighted by atomic mass is 16.5. The van der Waals surface area contributed by atoms with Gasteiger partial charge >= 0.3 is 6.03 Å². The van der Waals surface area contributed by atoms with E-state index in [1.807, 2.05) is 32.0 Å². The number of carbonyl (C=O) groups excluding carboxylic acids is 3. The van der Waals surface area contributed by atoms with Crippen LogP contribution >= 0.6 is 0 Å². The summed E-state index contributed by atoms with van der Waals surface area (Å²) in [7, 11) is 1.54. The molecule has 1 aliphatic rings. The first-order valence-electron chi connectivity index (χ1n) is 9.94. The van der Waals surface area contributed by atoms with E-state index in [1.165, 1.54) is 7.11 Å². The molecule has 0 aliphatic carbocycles. The number of fused-ring (bicyclic) bond motifs is 1. The predicted octanol–water partition coefficient (Wildman–Crippen LogP) is 1.24. The fourth-order valence-electron chi connectivity index (χ4n) is 3.28. The average Bonchev–Trinajstić information content (AvgIpc) is 2.76. The largest absolute Gasteiger partial charge is 0.496 e. The summed E-state index contributed by atoms with van der Waals surface area (Å²) in [6.45, 7) is 5.46. The minimum atomic E-state index is -0.442. The summed E-state index contributed by atoms with van der Waals surface area (Å²) in [5, 5.41) is 6.29. The van der Waals surface area contributed by atoms with E-state index in [1.54, 1.807) is 21.9 Å². The molecule has 2 N–H and O–H groups in total. The van der Waals surface area contributed by atoms with Crippen LogP contribution in [0.4, 0.5) is 4.79 Å². The zero-order valence-electron chi connectivity index (χ0n) is 17.5. The van der Waals surface area contributed by atoms with E-state index in [0.29, 0.717) is 37.4 Å². The van der Waals surface area contributed by atoms with Crippen LogP contribution in [0.25, 0.3) is 10.9 Å². The molecule has 1 saturated heterocycles. The Morgan fingerprint density at radius 1 is 1.10 bits per heavy atom. The fraction of sp³-hybridized carbons (Fsp3) is 0.429. The van der Waals surface area contributed by atoms with E-state index in [0.717, 1.165) is 5.39 Å². The molecule has 0 saturated carbocycles. The molecule has 9 heteroatoms. The topological polar surface area (TPSA) is 104 Å². The van der Waals surface area contributed by atoms with Crippen LogP contribution in [0.3, 0.4) is 0 Å². The second kappa shape index (κ2) is 9.43. The van der Waals surface area contributed by atoms with Gasteiger partial charge in [-0.3, -0.25) is 9.59 Å². The Morgan fingerprint density at radius 3 is 2.43 bits per heavy atom. The van der Waals surface area contributed by atoms with E-state index < -0.39 is 5.91 Å². The minimum Gasteiger partial charge on any atom is -0.496 e. The van der Waals surface area contributed by atoms with Crippen LogP contribution in [0.2, 0.25) is 0 Å². The highest BCUT2D eigenvalue weighted by Crippen LogP contribution is 2.24. The molecule has 30 heavy (non-hydrogen) atoms. The summed E-state index contributed by atoms with van der Waals surface area (Å²) in [5.74, 6) is -0.0877. The number of nitrogens with zero attached hydrogens (tertiary/aromatic N) is 3. The second-order valence-corrected chi connectivity index (χ2v) is 7.38. The molecule has 0 radical (unpaired) electrons. The van der Waals surface area contributed by atoms with Gasteiger partial charge in [0.25, 0.3) is 5.91 Å². The number of rotatable bonds is 5. The number of amides is 4. The molecule has 0 bridgehead atoms. The lowest BCUT2D eigenvalue weighted by Gasteiger charge is -2.35. The lowest BCUT2D eigenvalue weighted by Crippen LogP contribution is -2.55. The summed E-state index contributed by atoms with van der Waals surface area (Å²) >= 11 is 0. The quantitative estimate of drug-likeness (QED) is 0.768. The van der Waals surface area contributed by atoms with Crippen molar-refractivity contribution >= 4 is 28.7 Å². The molecule has 1 aromatic carbocycles. The number of methoxy groups -OCH3 is 1. The standard InChI is InChI=1S/C21H27N5O4/c1-14(2)23-21(29)26-10-8-25(9-11-26)19(27)13-22-20(28)17-12-18(30-3)15-6-4-5-7-16(15)24-17/h4-7,12,14H,8-11,13H2,1-3H3,(H,22,28)(H,23,29). The molecule has 1 aliphatic heterocycles. The monoisotopic (exact) mass is 413 g/mol. The molecule has 1 aromatic heterocycles. The fourth-order valence-corrected chi connectivity index (χ4v) is 3.28. The minimum absolute atomic E-state index is 0.0646. The Kier molecular flexibility index (Phi) is 6.71. The summed E-state index contributed by atoms with van der Waals surface area (Å²) in [6.07, 6.45) is 0. The number of carbonyl (C=O) groups is 3. The summed E-state index contributed by atoms with van der Waals surface area (Å²) < 4.78 is 5.36. The molecule has 0 atom stereocenters. The first kappa shape index (κ1) is 21.4. The normalized spacial score (nSPS) is 14.0. The molecule has 2 aromatic rings. The molecular weight excluding hydrogens is 386 g/mol. The van der Waals surface area contributed by atoms with Crippen molar-refractivity contribution in [3.8, 4) is 5.75 Å². The van der Waals surface area contributed by atoms with Crippen molar-refractivity contribution in [2.75, 3.05) is 39.8 Å². The zero-order valence-corrected chi connectivity index (χ0v) is 17.5. The first-order valence-corrected chi connectivity index (χ1v) is 9.94. The SMILES string of the molecule is COc1cc(C(=O)NCC(=O)N2CCN(C(=O)NC(C)C)CC2)nc2ccccc12. The number of para-hydroxylation sites is 1. The van der Waals surface area contributed by atoms with Gasteiger partial charge < -0.3 is 25.2 Å². The van der Waals surface area contributed by atoms with Crippen molar-refractivity contribution in [2.24, 2.45) is 0 Å². The summed E-state index contributed by atoms with van der Waals surface area (Å²) in [4.78, 5) is 44.7. The molecule has 0 unspecified atom stereocenters. The molecular formula is C21H27N5O4. The van der Waals surface area contributed by atoms with Crippen LogP contribution in [0.5, 0.6) is 5.75 Å². The van der Waals surface area contributed by atoms with E-state index in [-0.39, 0.29) is 30.2 Å². The van der Waals surface area contributed by atoms with Crippen molar-refractivity contribution in [1.29, 1.82) is 0 Å². The van der Waals surface area contributed by atoms with Crippen LogP contribution < -0.4 is 15.4 Å². The van der Waals surface area contributed by atoms with Crippen LogP contribution in [-0.2, 0) is 4.79 Å². The number of ether oxygens (including phenoxy) is 1. The number of piperazine rings is 1. The Morgan fingerprint density at radius 2 is 1.77 bits per heavy atom. The Labute approximate surface area is 175 Å². The molecule has 9 nitrogen and oxygen atoms in total. The van der Waals surface area contributed by atoms with Crippen LogP contribution in [0.15, 0.2) is 30.3 Å². The zero-order chi connectivity index (χ0) is 21.7. The van der Waals surface area contributed by atoms with E-state index in [2.05, 4.69) is 15.6 Å². The third kappa shape index (κ3) is 4.97. The number of pyridine rings is 1. The lowest BCUT2D eigenvalue weighted by atomic mass is 10.1. The van der Waals surface area contributed by atoms with Gasteiger partial charge in [-0.1, -0.05) is 12.1 Å². The third-order valence-electron chi connectivity index (χ3n) is 4.86. The maximum absolute atomic E-state index is 12.5. The number of hydrogen-bond donors (Lipinski definition) is 2. The maximum Gasteiger partial charge on any atom is 0.317 e. The molecule has 0 spiro atoms. The smallest absolute Gasteiger partial charge is 0.317 e. The van der Waals surface area contributed by atoms with Crippen LogP contribution in [0.1, 0.15) is 24.3 Å². The van der Waals surface area contributed by atoms with Crippen molar-refractivity contribution in [1.82, 2.24) is 25.4 Å². The maximum atomic E-state index is 12.5. The van der Waals surface area contributed by atoms with Gasteiger partial charge in [-0.2, -0.15) is 0 Å². The third-order valence-corrected chi connectivity index (χ3v) is 4.86. The summed E-state index contributed by atoms with van der Waals surface area (Å²) in [5.41, 5.74) is 0.831. The van der Waals surface area contributed by atoms with Gasteiger partial charge in [-0.25, -0.2) is 9.78 Å². The van der Waals surface area contributed by atoms with Crippen molar-refractivity contribution in [2.45, 2.75) is 19.9 Å². The Bertz CT molecular complexity index is 938.